The summed E-state index contributed by atoms with van der Waals surface area (Å²) in [5, 5.41) is 38.8. The van der Waals surface area contributed by atoms with E-state index >= 15 is 0 Å². The summed E-state index contributed by atoms with van der Waals surface area (Å²) < 4.78 is 3.35. The Balaban J connectivity index is 1.39. The maximum absolute atomic E-state index is 11.8. The lowest BCUT2D eigenvalue weighted by molar-refractivity contribution is -0.384. The van der Waals surface area contributed by atoms with Crippen molar-refractivity contribution in [3.63, 3.8) is 0 Å². The van der Waals surface area contributed by atoms with Crippen LogP contribution in [0.25, 0.3) is 0 Å². The first kappa shape index (κ1) is 29.0. The first-order valence-electron chi connectivity index (χ1n) is 12.7. The van der Waals surface area contributed by atoms with E-state index < -0.39 is 9.85 Å². The molecule has 14 heteroatoms. The van der Waals surface area contributed by atoms with Crippen molar-refractivity contribution in [1.82, 2.24) is 19.6 Å². The predicted molar refractivity (Wildman–Crippen MR) is 165 cm³/mol. The first-order valence-corrected chi connectivity index (χ1v) is 14.3. The van der Waals surface area contributed by atoms with Gasteiger partial charge in [-0.3, -0.25) is 20.2 Å². The molecule has 2 aromatic heterocycles. The molecule has 0 bridgehead atoms. The zero-order chi connectivity index (χ0) is 29.6. The van der Waals surface area contributed by atoms with Gasteiger partial charge in [0.05, 0.1) is 22.9 Å². The number of benzene rings is 3. The lowest BCUT2D eigenvalue weighted by Crippen LogP contribution is -2.11. The maximum Gasteiger partial charge on any atom is 0.345 e. The van der Waals surface area contributed by atoms with E-state index in [4.69, 9.17) is 0 Å². The molecular weight excluding hydrogens is 672 g/mol. The molecule has 0 aliphatic heterocycles. The van der Waals surface area contributed by atoms with Crippen molar-refractivity contribution in [1.29, 1.82) is 0 Å². The number of anilines is 2. The summed E-state index contributed by atoms with van der Waals surface area (Å²) in [7, 11) is 0. The molecule has 0 unspecified atom stereocenters. The summed E-state index contributed by atoms with van der Waals surface area (Å²) in [5.74, 6) is 0.556. The predicted octanol–water partition coefficient (Wildman–Crippen LogP) is 6.74. The van der Waals surface area contributed by atoms with E-state index in [2.05, 4.69) is 52.7 Å². The molecule has 42 heavy (non-hydrogen) atoms. The van der Waals surface area contributed by atoms with E-state index in [-0.39, 0.29) is 45.3 Å². The standard InChI is InChI=1S/C28H24Br2N8O4/c29-25-23(37(39)40)27(31-15-19-8-3-1-4-9-19)35(33-25)17-21-12-7-13-22(14-21)18-36-28(24(38(41)42)26(30)34-36)32-16-20-10-5-2-6-11-20/h1-14,31-32H,15-18H2. The van der Waals surface area contributed by atoms with E-state index in [0.717, 1.165) is 22.3 Å². The van der Waals surface area contributed by atoms with Crippen LogP contribution in [-0.2, 0) is 26.2 Å². The maximum atomic E-state index is 11.8. The number of rotatable bonds is 12. The van der Waals surface area contributed by atoms with Gasteiger partial charge in [-0.05, 0) is 54.1 Å². The molecule has 3 aromatic carbocycles. The Morgan fingerprint density at radius 1 is 0.619 bits per heavy atom. The second-order valence-corrected chi connectivity index (χ2v) is 10.8. The van der Waals surface area contributed by atoms with Gasteiger partial charge in [-0.25, -0.2) is 9.36 Å². The molecule has 214 valence electrons. The summed E-state index contributed by atoms with van der Waals surface area (Å²) in [5.41, 5.74) is 3.30. The normalized spacial score (nSPS) is 10.9. The zero-order valence-electron chi connectivity index (χ0n) is 22.0. The average molecular weight is 696 g/mol. The number of hydrogen-bond acceptors (Lipinski definition) is 8. The molecular formula is C28H24Br2N8O4. The van der Waals surface area contributed by atoms with Gasteiger partial charge in [-0.2, -0.15) is 10.2 Å². The molecule has 0 amide bonds. The second kappa shape index (κ2) is 13.0. The number of aromatic nitrogens is 4. The lowest BCUT2D eigenvalue weighted by Gasteiger charge is -2.12. The van der Waals surface area contributed by atoms with Crippen molar-refractivity contribution in [2.45, 2.75) is 26.2 Å². The smallest absolute Gasteiger partial charge is 0.345 e. The fraction of sp³-hybridized carbons (Fsp3) is 0.143. The summed E-state index contributed by atoms with van der Waals surface area (Å²) in [6.07, 6.45) is 0. The number of nitrogens with one attached hydrogen (secondary N) is 2. The highest BCUT2D eigenvalue weighted by Crippen LogP contribution is 2.35. The highest BCUT2D eigenvalue weighted by molar-refractivity contribution is 9.10. The third kappa shape index (κ3) is 6.66. The van der Waals surface area contributed by atoms with E-state index in [0.29, 0.717) is 13.1 Å². The van der Waals surface area contributed by atoms with Crippen molar-refractivity contribution in [3.8, 4) is 0 Å². The van der Waals surface area contributed by atoms with Gasteiger partial charge in [-0.1, -0.05) is 84.9 Å². The van der Waals surface area contributed by atoms with Crippen LogP contribution in [-0.4, -0.2) is 29.4 Å². The Labute approximate surface area is 256 Å². The van der Waals surface area contributed by atoms with Gasteiger partial charge in [0.25, 0.3) is 0 Å². The molecule has 0 spiro atoms. The van der Waals surface area contributed by atoms with E-state index in [1.165, 1.54) is 0 Å². The van der Waals surface area contributed by atoms with Gasteiger partial charge in [0.15, 0.2) is 0 Å². The van der Waals surface area contributed by atoms with E-state index in [1.54, 1.807) is 9.36 Å². The Hall–Kier alpha value is -4.56. The summed E-state index contributed by atoms with van der Waals surface area (Å²) in [6, 6.07) is 26.7. The summed E-state index contributed by atoms with van der Waals surface area (Å²) in [4.78, 5) is 22.8. The van der Waals surface area contributed by atoms with Crippen molar-refractivity contribution >= 4 is 54.9 Å². The van der Waals surface area contributed by atoms with Crippen LogP contribution in [0, 0.1) is 20.2 Å². The van der Waals surface area contributed by atoms with Crippen LogP contribution in [0.4, 0.5) is 23.0 Å². The second-order valence-electron chi connectivity index (χ2n) is 9.30. The van der Waals surface area contributed by atoms with Crippen molar-refractivity contribution in [2.24, 2.45) is 0 Å². The minimum atomic E-state index is -0.468. The van der Waals surface area contributed by atoms with Crippen LogP contribution in [0.1, 0.15) is 22.3 Å². The van der Waals surface area contributed by atoms with Crippen LogP contribution in [0.2, 0.25) is 0 Å². The number of nitro groups is 2. The topological polar surface area (TPSA) is 146 Å². The highest BCUT2D eigenvalue weighted by atomic mass is 79.9. The van der Waals surface area contributed by atoms with E-state index in [9.17, 15) is 20.2 Å². The Morgan fingerprint density at radius 2 is 1.00 bits per heavy atom. The number of halogens is 2. The molecule has 0 saturated heterocycles. The number of nitrogens with zero attached hydrogens (tertiary/aromatic N) is 6. The van der Waals surface area contributed by atoms with Crippen LogP contribution in [0.5, 0.6) is 0 Å². The largest absolute Gasteiger partial charge is 0.360 e. The van der Waals surface area contributed by atoms with E-state index in [1.807, 2.05) is 84.9 Å². The Morgan fingerprint density at radius 3 is 1.38 bits per heavy atom. The molecule has 0 fully saturated rings. The third-order valence-electron chi connectivity index (χ3n) is 6.40. The summed E-state index contributed by atoms with van der Waals surface area (Å²) in [6.45, 7) is 1.26. The lowest BCUT2D eigenvalue weighted by atomic mass is 10.1. The third-order valence-corrected chi connectivity index (χ3v) is 7.47. The summed E-state index contributed by atoms with van der Waals surface area (Å²) >= 11 is 6.47. The van der Waals surface area contributed by atoms with Gasteiger partial charge >= 0.3 is 11.4 Å². The Bertz CT molecular complexity index is 1600. The molecule has 0 saturated carbocycles. The monoisotopic (exact) mass is 694 g/mol. The molecule has 5 rings (SSSR count). The molecule has 0 atom stereocenters. The first-order chi connectivity index (χ1) is 20.3. The molecule has 0 aliphatic rings. The fourth-order valence-electron chi connectivity index (χ4n) is 4.48. The SMILES string of the molecule is O=[N+]([O-])c1c(Br)nn(Cc2cccc(Cn3nc(Br)c([N+](=O)[O-])c3NCc3ccccc3)c2)c1NCc1ccccc1. The minimum absolute atomic E-state index is 0.127. The minimum Gasteiger partial charge on any atom is -0.360 e. The highest BCUT2D eigenvalue weighted by Gasteiger charge is 2.28. The van der Waals surface area contributed by atoms with Crippen molar-refractivity contribution in [3.05, 3.63) is 137 Å². The van der Waals surface area contributed by atoms with Crippen LogP contribution >= 0.6 is 31.9 Å². The van der Waals surface area contributed by atoms with Gasteiger partial charge in [-0.15, -0.1) is 0 Å². The quantitative estimate of drug-likeness (QED) is 0.108. The molecule has 0 radical (unpaired) electrons. The molecule has 2 N–H and O–H groups in total. The van der Waals surface area contributed by atoms with Crippen LogP contribution < -0.4 is 10.6 Å². The van der Waals surface area contributed by atoms with Gasteiger partial charge in [0.2, 0.25) is 20.8 Å². The molecule has 12 nitrogen and oxygen atoms in total. The van der Waals surface area contributed by atoms with Crippen molar-refractivity contribution in [2.75, 3.05) is 10.6 Å². The molecule has 2 heterocycles. The van der Waals surface area contributed by atoms with Gasteiger partial charge < -0.3 is 10.6 Å². The Kier molecular flexibility index (Phi) is 8.93. The molecule has 5 aromatic rings. The fourth-order valence-corrected chi connectivity index (χ4v) is 5.53. The van der Waals surface area contributed by atoms with Crippen LogP contribution in [0.15, 0.2) is 94.1 Å². The average Bonchev–Trinajstić information content (AvgIpc) is 3.46. The van der Waals surface area contributed by atoms with Crippen molar-refractivity contribution < 1.29 is 9.85 Å². The van der Waals surface area contributed by atoms with Gasteiger partial charge in [0.1, 0.15) is 0 Å². The molecule has 0 aliphatic carbocycles. The van der Waals surface area contributed by atoms with Crippen LogP contribution in [0.3, 0.4) is 0 Å². The van der Waals surface area contributed by atoms with Gasteiger partial charge in [0, 0.05) is 13.1 Å². The number of hydrogen-bond donors (Lipinski definition) is 2. The zero-order valence-corrected chi connectivity index (χ0v) is 25.2.